The van der Waals surface area contributed by atoms with E-state index in [0.29, 0.717) is 43.4 Å². The van der Waals surface area contributed by atoms with Crippen molar-refractivity contribution >= 4 is 12.0 Å². The molecule has 0 radical (unpaired) electrons. The molecular weight excluding hydrogens is 336 g/mol. The van der Waals surface area contributed by atoms with Crippen LogP contribution >= 0.6 is 0 Å². The van der Waals surface area contributed by atoms with E-state index in [9.17, 15) is 9.59 Å². The molecule has 1 atom stereocenters. The Morgan fingerprint density at radius 1 is 1.19 bits per heavy atom. The van der Waals surface area contributed by atoms with Gasteiger partial charge in [-0.15, -0.1) is 0 Å². The van der Waals surface area contributed by atoms with Crippen molar-refractivity contribution in [3.8, 4) is 11.5 Å². The van der Waals surface area contributed by atoms with Crippen LogP contribution in [0.1, 0.15) is 37.6 Å². The Morgan fingerprint density at radius 2 is 1.88 bits per heavy atom. The first kappa shape index (κ1) is 18.4. The Hall–Kier alpha value is -2.44. The number of benzene rings is 1. The molecule has 26 heavy (non-hydrogen) atoms. The number of carbonyl (C=O) groups excluding carboxylic acids is 2. The molecule has 1 fully saturated rings. The van der Waals surface area contributed by atoms with E-state index in [-0.39, 0.29) is 18.0 Å². The average Bonchev–Trinajstić information content (AvgIpc) is 3.09. The predicted octanol–water partition coefficient (Wildman–Crippen LogP) is 2.54. The van der Waals surface area contributed by atoms with E-state index >= 15 is 0 Å². The zero-order valence-electron chi connectivity index (χ0n) is 15.8. The zero-order chi connectivity index (χ0) is 18.9. The number of rotatable bonds is 2. The summed E-state index contributed by atoms with van der Waals surface area (Å²) in [6.45, 7) is 7.58. The minimum absolute atomic E-state index is 0.0387. The standard InChI is InChI=1S/C19H26N2O5/c1-19(2,3)26-18(23)21-8-7-14(12-21)20(4)17(22)13-5-6-15-16(11-13)25-10-9-24-15/h5-6,11,14H,7-10,12H2,1-4H3. The Morgan fingerprint density at radius 3 is 2.58 bits per heavy atom. The molecule has 0 saturated carbocycles. The summed E-state index contributed by atoms with van der Waals surface area (Å²) in [4.78, 5) is 28.4. The number of amides is 2. The van der Waals surface area contributed by atoms with E-state index in [0.717, 1.165) is 6.42 Å². The molecule has 7 nitrogen and oxygen atoms in total. The molecule has 2 amide bonds. The summed E-state index contributed by atoms with van der Waals surface area (Å²) in [7, 11) is 1.77. The van der Waals surface area contributed by atoms with Crippen LogP contribution in [-0.2, 0) is 4.74 Å². The van der Waals surface area contributed by atoms with Crippen molar-refractivity contribution in [2.24, 2.45) is 0 Å². The number of carbonyl (C=O) groups is 2. The molecule has 1 aromatic rings. The van der Waals surface area contributed by atoms with Crippen molar-refractivity contribution in [2.75, 3.05) is 33.4 Å². The van der Waals surface area contributed by atoms with Crippen LogP contribution in [0.3, 0.4) is 0 Å². The van der Waals surface area contributed by atoms with E-state index < -0.39 is 5.60 Å². The van der Waals surface area contributed by atoms with Gasteiger partial charge in [0.05, 0.1) is 6.04 Å². The maximum absolute atomic E-state index is 12.8. The van der Waals surface area contributed by atoms with Crippen LogP contribution in [0.5, 0.6) is 11.5 Å². The monoisotopic (exact) mass is 362 g/mol. The van der Waals surface area contributed by atoms with Gasteiger partial charge in [0.2, 0.25) is 0 Å². The van der Waals surface area contributed by atoms with E-state index in [4.69, 9.17) is 14.2 Å². The fraction of sp³-hybridized carbons (Fsp3) is 0.579. The molecule has 0 N–H and O–H groups in total. The first-order chi connectivity index (χ1) is 12.2. The SMILES string of the molecule is CN(C(=O)c1ccc2c(c1)OCCO2)C1CCN(C(=O)OC(C)(C)C)C1. The van der Waals surface area contributed by atoms with Crippen molar-refractivity contribution in [1.29, 1.82) is 0 Å². The maximum Gasteiger partial charge on any atom is 0.410 e. The van der Waals surface area contributed by atoms with Crippen LogP contribution < -0.4 is 9.47 Å². The molecule has 1 saturated heterocycles. The van der Waals surface area contributed by atoms with Crippen molar-refractivity contribution in [3.63, 3.8) is 0 Å². The van der Waals surface area contributed by atoms with Gasteiger partial charge in [-0.3, -0.25) is 4.79 Å². The number of ether oxygens (including phenoxy) is 3. The van der Waals surface area contributed by atoms with Gasteiger partial charge < -0.3 is 24.0 Å². The summed E-state index contributed by atoms with van der Waals surface area (Å²) in [5.41, 5.74) is 0.0229. The van der Waals surface area contributed by atoms with Crippen LogP contribution in [0.25, 0.3) is 0 Å². The number of fused-ring (bicyclic) bond motifs is 1. The van der Waals surface area contributed by atoms with Gasteiger partial charge in [-0.05, 0) is 45.4 Å². The molecule has 0 spiro atoms. The zero-order valence-corrected chi connectivity index (χ0v) is 15.8. The third kappa shape index (κ3) is 4.03. The van der Waals surface area contributed by atoms with Gasteiger partial charge in [-0.25, -0.2) is 4.79 Å². The lowest BCUT2D eigenvalue weighted by Gasteiger charge is -2.27. The van der Waals surface area contributed by atoms with E-state index in [1.54, 1.807) is 35.0 Å². The van der Waals surface area contributed by atoms with Crippen molar-refractivity contribution in [2.45, 2.75) is 38.8 Å². The van der Waals surface area contributed by atoms with E-state index in [2.05, 4.69) is 0 Å². The Balaban J connectivity index is 1.63. The molecule has 0 aromatic heterocycles. The predicted molar refractivity (Wildman–Crippen MR) is 95.7 cm³/mol. The molecule has 2 aliphatic rings. The number of hydrogen-bond acceptors (Lipinski definition) is 5. The molecule has 2 aliphatic heterocycles. The van der Waals surface area contributed by atoms with Gasteiger partial charge >= 0.3 is 6.09 Å². The normalized spacial score (nSPS) is 19.2. The topological polar surface area (TPSA) is 68.3 Å². The van der Waals surface area contributed by atoms with Gasteiger partial charge in [0, 0.05) is 25.7 Å². The maximum atomic E-state index is 12.8. The number of likely N-dealkylation sites (tertiary alicyclic amines) is 1. The summed E-state index contributed by atoms with van der Waals surface area (Å²) < 4.78 is 16.5. The van der Waals surface area contributed by atoms with Crippen LogP contribution in [-0.4, -0.2) is 66.8 Å². The highest BCUT2D eigenvalue weighted by atomic mass is 16.6. The Labute approximate surface area is 153 Å². The fourth-order valence-electron chi connectivity index (χ4n) is 3.10. The van der Waals surface area contributed by atoms with Crippen LogP contribution in [0.15, 0.2) is 18.2 Å². The number of nitrogens with zero attached hydrogens (tertiary/aromatic N) is 2. The van der Waals surface area contributed by atoms with Gasteiger partial charge in [-0.2, -0.15) is 0 Å². The third-order valence-electron chi connectivity index (χ3n) is 4.47. The molecule has 3 rings (SSSR count). The first-order valence-electron chi connectivity index (χ1n) is 8.89. The summed E-state index contributed by atoms with van der Waals surface area (Å²) >= 11 is 0. The van der Waals surface area contributed by atoms with Crippen molar-refractivity contribution in [1.82, 2.24) is 9.80 Å². The molecule has 142 valence electrons. The molecule has 0 aliphatic carbocycles. The van der Waals surface area contributed by atoms with Crippen molar-refractivity contribution in [3.05, 3.63) is 23.8 Å². The van der Waals surface area contributed by atoms with Crippen LogP contribution in [0.2, 0.25) is 0 Å². The Kier molecular flexibility index (Phi) is 4.98. The summed E-state index contributed by atoms with van der Waals surface area (Å²) in [6.07, 6.45) is 0.395. The molecular formula is C19H26N2O5. The lowest BCUT2D eigenvalue weighted by atomic mass is 10.1. The average molecular weight is 362 g/mol. The lowest BCUT2D eigenvalue weighted by Crippen LogP contribution is -2.41. The fourth-order valence-corrected chi connectivity index (χ4v) is 3.10. The molecule has 1 unspecified atom stereocenters. The van der Waals surface area contributed by atoms with E-state index in [1.807, 2.05) is 20.8 Å². The first-order valence-corrected chi connectivity index (χ1v) is 8.89. The second-order valence-corrected chi connectivity index (χ2v) is 7.64. The third-order valence-corrected chi connectivity index (χ3v) is 4.47. The number of likely N-dealkylation sites (N-methyl/N-ethyl adjacent to an activating group) is 1. The smallest absolute Gasteiger partial charge is 0.410 e. The second kappa shape index (κ2) is 7.05. The minimum atomic E-state index is -0.526. The van der Waals surface area contributed by atoms with Gasteiger partial charge in [0.25, 0.3) is 5.91 Å². The minimum Gasteiger partial charge on any atom is -0.486 e. The van der Waals surface area contributed by atoms with E-state index in [1.165, 1.54) is 0 Å². The Bertz CT molecular complexity index is 698. The molecule has 1 aromatic carbocycles. The second-order valence-electron chi connectivity index (χ2n) is 7.64. The van der Waals surface area contributed by atoms with Gasteiger partial charge in [-0.1, -0.05) is 0 Å². The quantitative estimate of drug-likeness (QED) is 0.809. The van der Waals surface area contributed by atoms with Gasteiger partial charge in [0.15, 0.2) is 11.5 Å². The highest BCUT2D eigenvalue weighted by Crippen LogP contribution is 2.31. The molecule has 0 bridgehead atoms. The number of hydrogen-bond donors (Lipinski definition) is 0. The van der Waals surface area contributed by atoms with Crippen LogP contribution in [0.4, 0.5) is 4.79 Å². The highest BCUT2D eigenvalue weighted by molar-refractivity contribution is 5.95. The summed E-state index contributed by atoms with van der Waals surface area (Å²) in [5.74, 6) is 1.16. The summed E-state index contributed by atoms with van der Waals surface area (Å²) in [5, 5.41) is 0. The molecule has 2 heterocycles. The van der Waals surface area contributed by atoms with Crippen LogP contribution in [0, 0.1) is 0 Å². The largest absolute Gasteiger partial charge is 0.486 e. The lowest BCUT2D eigenvalue weighted by molar-refractivity contribution is 0.0279. The highest BCUT2D eigenvalue weighted by Gasteiger charge is 2.33. The van der Waals surface area contributed by atoms with Gasteiger partial charge in [0.1, 0.15) is 18.8 Å². The molecule has 7 heteroatoms. The van der Waals surface area contributed by atoms with Crippen molar-refractivity contribution < 1.29 is 23.8 Å². The summed E-state index contributed by atoms with van der Waals surface area (Å²) in [6, 6.07) is 5.18.